The van der Waals surface area contributed by atoms with Crippen LogP contribution in [0.15, 0.2) is 53.4 Å². The monoisotopic (exact) mass is 372 g/mol. The first-order chi connectivity index (χ1) is 12.3. The lowest BCUT2D eigenvalue weighted by Crippen LogP contribution is -2.27. The highest BCUT2D eigenvalue weighted by Crippen LogP contribution is 2.16. The third-order valence-electron chi connectivity index (χ3n) is 4.11. The molecule has 0 aliphatic heterocycles. The van der Waals surface area contributed by atoms with E-state index in [9.17, 15) is 13.2 Å². The molecular formula is C18H20N4O3S. The standard InChI is InChI=1S/C18H20N4O3S/c1-12(13-6-8-14(9-7-13)26(19,24)25)20-18(23)11-10-17-21-15-4-2-3-5-16(15)22-17/h2-9,12H,10-11H2,1H3,(H,20,23)(H,21,22)(H2,19,24,25)/t12-/m1/s1. The Bertz CT molecular complexity index is 993. The summed E-state index contributed by atoms with van der Waals surface area (Å²) in [6, 6.07) is 13.6. The normalized spacial score (nSPS) is 12.8. The van der Waals surface area contributed by atoms with Crippen molar-refractivity contribution in [2.45, 2.75) is 30.7 Å². The largest absolute Gasteiger partial charge is 0.350 e. The highest BCUT2D eigenvalue weighted by molar-refractivity contribution is 7.89. The number of aromatic nitrogens is 2. The molecule has 0 radical (unpaired) electrons. The molecule has 1 heterocycles. The van der Waals surface area contributed by atoms with Gasteiger partial charge in [-0.2, -0.15) is 0 Å². The maximum atomic E-state index is 12.2. The Morgan fingerprint density at radius 1 is 1.19 bits per heavy atom. The Balaban J connectivity index is 1.57. The van der Waals surface area contributed by atoms with Crippen LogP contribution in [0.2, 0.25) is 0 Å². The molecule has 7 nitrogen and oxygen atoms in total. The third kappa shape index (κ3) is 4.27. The van der Waals surface area contributed by atoms with Crippen molar-refractivity contribution in [2.75, 3.05) is 0 Å². The van der Waals surface area contributed by atoms with E-state index in [1.54, 1.807) is 12.1 Å². The van der Waals surface area contributed by atoms with Crippen molar-refractivity contribution < 1.29 is 13.2 Å². The van der Waals surface area contributed by atoms with Crippen LogP contribution in [-0.4, -0.2) is 24.3 Å². The summed E-state index contributed by atoms with van der Waals surface area (Å²) in [6.07, 6.45) is 0.816. The minimum atomic E-state index is -3.72. The van der Waals surface area contributed by atoms with Crippen molar-refractivity contribution >= 4 is 27.0 Å². The van der Waals surface area contributed by atoms with E-state index >= 15 is 0 Å². The van der Waals surface area contributed by atoms with Crippen LogP contribution >= 0.6 is 0 Å². The number of nitrogens with zero attached hydrogens (tertiary/aromatic N) is 1. The molecule has 0 aliphatic rings. The number of nitrogens with one attached hydrogen (secondary N) is 2. The fourth-order valence-corrected chi connectivity index (χ4v) is 3.21. The van der Waals surface area contributed by atoms with Crippen molar-refractivity contribution in [1.82, 2.24) is 15.3 Å². The summed E-state index contributed by atoms with van der Waals surface area (Å²) in [7, 11) is -3.72. The number of carbonyl (C=O) groups is 1. The van der Waals surface area contributed by atoms with Gasteiger partial charge in [-0.05, 0) is 36.8 Å². The summed E-state index contributed by atoms with van der Waals surface area (Å²) >= 11 is 0. The van der Waals surface area contributed by atoms with Gasteiger partial charge < -0.3 is 10.3 Å². The number of fused-ring (bicyclic) bond motifs is 1. The number of hydrogen-bond donors (Lipinski definition) is 3. The maximum absolute atomic E-state index is 12.2. The summed E-state index contributed by atoms with van der Waals surface area (Å²) in [5.74, 6) is 0.667. The lowest BCUT2D eigenvalue weighted by Gasteiger charge is -2.14. The molecule has 3 rings (SSSR count). The Hall–Kier alpha value is -2.71. The number of H-pyrrole nitrogens is 1. The van der Waals surface area contributed by atoms with Crippen LogP contribution in [0.25, 0.3) is 11.0 Å². The Morgan fingerprint density at radius 3 is 2.54 bits per heavy atom. The first kappa shape index (κ1) is 18.1. The maximum Gasteiger partial charge on any atom is 0.238 e. The molecule has 0 bridgehead atoms. The van der Waals surface area contributed by atoms with Gasteiger partial charge in [-0.1, -0.05) is 24.3 Å². The van der Waals surface area contributed by atoms with Crippen molar-refractivity contribution in [3.8, 4) is 0 Å². The fraction of sp³-hybridized carbons (Fsp3) is 0.222. The molecule has 0 saturated carbocycles. The Morgan fingerprint density at radius 2 is 1.88 bits per heavy atom. The summed E-state index contributed by atoms with van der Waals surface area (Å²) in [5.41, 5.74) is 2.63. The van der Waals surface area contributed by atoms with Gasteiger partial charge in [0.25, 0.3) is 0 Å². The van der Waals surface area contributed by atoms with Gasteiger partial charge >= 0.3 is 0 Å². The molecule has 0 fully saturated rings. The molecule has 0 spiro atoms. The van der Waals surface area contributed by atoms with E-state index in [4.69, 9.17) is 5.14 Å². The van der Waals surface area contributed by atoms with Crippen LogP contribution in [0.1, 0.15) is 30.8 Å². The van der Waals surface area contributed by atoms with Crippen LogP contribution in [0, 0.1) is 0 Å². The molecule has 0 aliphatic carbocycles. The molecule has 8 heteroatoms. The Labute approximate surface area is 151 Å². The lowest BCUT2D eigenvalue weighted by molar-refractivity contribution is -0.121. The second kappa shape index (κ2) is 7.27. The second-order valence-corrected chi connectivity index (χ2v) is 7.67. The SMILES string of the molecule is C[C@@H](NC(=O)CCc1nc2ccccc2[nH]1)c1ccc(S(N)(=O)=O)cc1. The van der Waals surface area contributed by atoms with Crippen LogP contribution in [0.4, 0.5) is 0 Å². The van der Waals surface area contributed by atoms with Crippen molar-refractivity contribution in [2.24, 2.45) is 5.14 Å². The number of aryl methyl sites for hydroxylation is 1. The average molecular weight is 372 g/mol. The quantitative estimate of drug-likeness (QED) is 0.613. The molecule has 1 aromatic heterocycles. The van der Waals surface area contributed by atoms with Crippen molar-refractivity contribution in [1.29, 1.82) is 0 Å². The number of sulfonamides is 1. The number of primary sulfonamides is 1. The highest BCUT2D eigenvalue weighted by Gasteiger charge is 2.13. The first-order valence-corrected chi connectivity index (χ1v) is 9.73. The van der Waals surface area contributed by atoms with Gasteiger partial charge in [-0.25, -0.2) is 18.5 Å². The lowest BCUT2D eigenvalue weighted by atomic mass is 10.1. The highest BCUT2D eigenvalue weighted by atomic mass is 32.2. The van der Waals surface area contributed by atoms with Crippen LogP contribution < -0.4 is 10.5 Å². The van der Waals surface area contributed by atoms with E-state index in [1.165, 1.54) is 12.1 Å². The van der Waals surface area contributed by atoms with Gasteiger partial charge in [-0.15, -0.1) is 0 Å². The van der Waals surface area contributed by atoms with Crippen LogP contribution in [0.3, 0.4) is 0 Å². The number of carbonyl (C=O) groups excluding carboxylic acids is 1. The molecule has 1 atom stereocenters. The summed E-state index contributed by atoms with van der Waals surface area (Å²) in [6.45, 7) is 1.84. The fourth-order valence-electron chi connectivity index (χ4n) is 2.70. The van der Waals surface area contributed by atoms with Crippen molar-refractivity contribution in [3.63, 3.8) is 0 Å². The number of benzene rings is 2. The van der Waals surface area contributed by atoms with E-state index in [1.807, 2.05) is 31.2 Å². The molecule has 4 N–H and O–H groups in total. The number of para-hydroxylation sites is 2. The molecule has 3 aromatic rings. The molecule has 1 amide bonds. The van der Waals surface area contributed by atoms with Gasteiger partial charge in [0, 0.05) is 12.8 Å². The minimum absolute atomic E-state index is 0.0460. The predicted octanol–water partition coefficient (Wildman–Crippen LogP) is 2.02. The number of rotatable bonds is 6. The number of imidazole rings is 1. The van der Waals surface area contributed by atoms with Gasteiger partial charge in [0.15, 0.2) is 0 Å². The van der Waals surface area contributed by atoms with E-state index < -0.39 is 10.0 Å². The summed E-state index contributed by atoms with van der Waals surface area (Å²) in [4.78, 5) is 19.9. The topological polar surface area (TPSA) is 118 Å². The van der Waals surface area contributed by atoms with Crippen LogP contribution in [-0.2, 0) is 21.2 Å². The molecule has 0 saturated heterocycles. The summed E-state index contributed by atoms with van der Waals surface area (Å²) in [5, 5.41) is 7.98. The van der Waals surface area contributed by atoms with Gasteiger partial charge in [0.1, 0.15) is 5.82 Å². The molecule has 2 aromatic carbocycles. The van der Waals surface area contributed by atoms with Gasteiger partial charge in [-0.3, -0.25) is 4.79 Å². The van der Waals surface area contributed by atoms with Crippen LogP contribution in [0.5, 0.6) is 0 Å². The molecular weight excluding hydrogens is 352 g/mol. The number of aromatic amines is 1. The molecule has 136 valence electrons. The third-order valence-corrected chi connectivity index (χ3v) is 5.04. The Kier molecular flexibility index (Phi) is 5.06. The zero-order valence-electron chi connectivity index (χ0n) is 14.3. The smallest absolute Gasteiger partial charge is 0.238 e. The average Bonchev–Trinajstić information content (AvgIpc) is 3.02. The van der Waals surface area contributed by atoms with Gasteiger partial charge in [0.2, 0.25) is 15.9 Å². The van der Waals surface area contributed by atoms with Crippen molar-refractivity contribution in [3.05, 3.63) is 59.9 Å². The van der Waals surface area contributed by atoms with E-state index in [-0.39, 0.29) is 16.8 Å². The van der Waals surface area contributed by atoms with E-state index in [0.29, 0.717) is 12.8 Å². The number of hydrogen-bond acceptors (Lipinski definition) is 4. The zero-order chi connectivity index (χ0) is 18.7. The zero-order valence-corrected chi connectivity index (χ0v) is 15.1. The predicted molar refractivity (Wildman–Crippen MR) is 98.8 cm³/mol. The first-order valence-electron chi connectivity index (χ1n) is 8.19. The second-order valence-electron chi connectivity index (χ2n) is 6.10. The van der Waals surface area contributed by atoms with E-state index in [2.05, 4.69) is 15.3 Å². The van der Waals surface area contributed by atoms with Gasteiger partial charge in [0.05, 0.1) is 22.0 Å². The minimum Gasteiger partial charge on any atom is -0.350 e. The molecule has 0 unspecified atom stereocenters. The number of nitrogens with two attached hydrogens (primary N) is 1. The number of amides is 1. The molecule has 26 heavy (non-hydrogen) atoms. The van der Waals surface area contributed by atoms with E-state index in [0.717, 1.165) is 22.4 Å². The summed E-state index contributed by atoms with van der Waals surface area (Å²) < 4.78 is 22.6.